The molecule has 0 amide bonds. The first-order valence-corrected chi connectivity index (χ1v) is 4.02. The number of ether oxygens (including phenoxy) is 1. The Bertz CT molecular complexity index is 279. The molecule has 0 radical (unpaired) electrons. The molecule has 1 heterocycles. The Morgan fingerprint density at radius 1 is 1.75 bits per heavy atom. The molecule has 2 atom stereocenters. The molecule has 0 unspecified atom stereocenters. The van der Waals surface area contributed by atoms with Gasteiger partial charge in [-0.2, -0.15) is 0 Å². The van der Waals surface area contributed by atoms with E-state index in [-0.39, 0.29) is 17.5 Å². The Kier molecular flexibility index (Phi) is 1.37. The molecule has 0 spiro atoms. The Labute approximate surface area is 70.4 Å². The molecule has 3 heteroatoms. The van der Waals surface area contributed by atoms with Crippen LogP contribution in [-0.4, -0.2) is 18.4 Å². The van der Waals surface area contributed by atoms with Crippen molar-refractivity contribution in [1.82, 2.24) is 0 Å². The molecule has 1 aliphatic heterocycles. The molecule has 0 bridgehead atoms. The van der Waals surface area contributed by atoms with Gasteiger partial charge in [-0.3, -0.25) is 9.59 Å². The molecule has 0 N–H and O–H groups in total. The maximum absolute atomic E-state index is 11.0. The van der Waals surface area contributed by atoms with Gasteiger partial charge in [-0.05, 0) is 5.57 Å². The van der Waals surface area contributed by atoms with Gasteiger partial charge >= 0.3 is 5.97 Å². The van der Waals surface area contributed by atoms with Gasteiger partial charge in [0.2, 0.25) is 0 Å². The number of esters is 1. The Morgan fingerprint density at radius 3 is 3.17 bits per heavy atom. The van der Waals surface area contributed by atoms with Crippen LogP contribution in [0.4, 0.5) is 0 Å². The normalized spacial score (nSPS) is 38.9. The van der Waals surface area contributed by atoms with Gasteiger partial charge in [0, 0.05) is 11.8 Å². The first-order chi connectivity index (χ1) is 5.66. The number of fused-ring (bicyclic) bond motifs is 1. The molecule has 1 fully saturated rings. The van der Waals surface area contributed by atoms with E-state index in [1.54, 1.807) is 0 Å². The van der Waals surface area contributed by atoms with Gasteiger partial charge in [-0.25, -0.2) is 0 Å². The second-order valence-electron chi connectivity index (χ2n) is 3.59. The molecule has 0 aromatic carbocycles. The van der Waals surface area contributed by atoms with E-state index in [1.165, 1.54) is 0 Å². The van der Waals surface area contributed by atoms with E-state index >= 15 is 0 Å². The van der Waals surface area contributed by atoms with Gasteiger partial charge in [0.15, 0.2) is 0 Å². The highest BCUT2D eigenvalue weighted by Crippen LogP contribution is 2.47. The molecule has 3 nitrogen and oxygen atoms in total. The number of carbonyl (C=O) groups is 2. The summed E-state index contributed by atoms with van der Waals surface area (Å²) in [6, 6.07) is 0. The van der Waals surface area contributed by atoms with Crippen molar-refractivity contribution in [2.45, 2.75) is 25.9 Å². The summed E-state index contributed by atoms with van der Waals surface area (Å²) in [5, 5.41) is 0. The van der Waals surface area contributed by atoms with Crippen LogP contribution in [0.2, 0.25) is 0 Å². The van der Waals surface area contributed by atoms with Crippen LogP contribution in [-0.2, 0) is 14.3 Å². The summed E-state index contributed by atoms with van der Waals surface area (Å²) in [4.78, 5) is 21.6. The molecule has 1 saturated heterocycles. The van der Waals surface area contributed by atoms with Crippen LogP contribution in [0.5, 0.6) is 0 Å². The van der Waals surface area contributed by atoms with Crippen LogP contribution in [0.3, 0.4) is 0 Å². The van der Waals surface area contributed by atoms with E-state index in [0.717, 1.165) is 11.9 Å². The lowest BCUT2D eigenvalue weighted by Gasteiger charge is -2.21. The average Bonchev–Trinajstić information content (AvgIpc) is 2.41. The first-order valence-electron chi connectivity index (χ1n) is 4.02. The highest BCUT2D eigenvalue weighted by atomic mass is 16.6. The quantitative estimate of drug-likeness (QED) is 0.428. The zero-order valence-corrected chi connectivity index (χ0v) is 6.87. The molecular formula is C9H10O3. The van der Waals surface area contributed by atoms with Crippen molar-refractivity contribution < 1.29 is 14.3 Å². The lowest BCUT2D eigenvalue weighted by Crippen LogP contribution is -2.24. The lowest BCUT2D eigenvalue weighted by molar-refractivity contribution is -0.141. The Morgan fingerprint density at radius 2 is 2.50 bits per heavy atom. The van der Waals surface area contributed by atoms with Gasteiger partial charge in [-0.1, -0.05) is 13.0 Å². The third-order valence-electron chi connectivity index (χ3n) is 2.83. The summed E-state index contributed by atoms with van der Waals surface area (Å²) in [6.45, 7) is 1.91. The van der Waals surface area contributed by atoms with Gasteiger partial charge in [0.1, 0.15) is 12.4 Å². The monoisotopic (exact) mass is 166 g/mol. The summed E-state index contributed by atoms with van der Waals surface area (Å²) >= 11 is 0. The van der Waals surface area contributed by atoms with Gasteiger partial charge in [0.05, 0.1) is 6.42 Å². The molecule has 64 valence electrons. The fraction of sp³-hybridized carbons (Fsp3) is 0.556. The molecule has 0 aromatic heterocycles. The van der Waals surface area contributed by atoms with Crippen molar-refractivity contribution in [3.05, 3.63) is 11.6 Å². The van der Waals surface area contributed by atoms with Crippen LogP contribution < -0.4 is 0 Å². The summed E-state index contributed by atoms with van der Waals surface area (Å²) in [5.41, 5.74) is 0.386. The summed E-state index contributed by atoms with van der Waals surface area (Å²) in [7, 11) is 0. The highest BCUT2D eigenvalue weighted by molar-refractivity contribution is 5.83. The third-order valence-corrected chi connectivity index (χ3v) is 2.83. The van der Waals surface area contributed by atoms with E-state index in [4.69, 9.17) is 4.74 Å². The predicted molar refractivity (Wildman–Crippen MR) is 41.4 cm³/mol. The Hall–Kier alpha value is -1.12. The second kappa shape index (κ2) is 2.19. The number of carbonyl (C=O) groups excluding carboxylic acids is 2. The highest BCUT2D eigenvalue weighted by Gasteiger charge is 2.50. The molecule has 0 saturated carbocycles. The van der Waals surface area contributed by atoms with Crippen molar-refractivity contribution in [2.75, 3.05) is 0 Å². The van der Waals surface area contributed by atoms with Crippen LogP contribution in [0.15, 0.2) is 11.6 Å². The summed E-state index contributed by atoms with van der Waals surface area (Å²) in [5.74, 6) is -0.185. The Balaban J connectivity index is 2.35. The molecule has 2 rings (SSSR count). The van der Waals surface area contributed by atoms with Crippen molar-refractivity contribution >= 4 is 12.3 Å². The number of hydrogen-bond acceptors (Lipinski definition) is 3. The molecule has 0 aromatic rings. The van der Waals surface area contributed by atoms with Gasteiger partial charge in [0.25, 0.3) is 0 Å². The van der Waals surface area contributed by atoms with Crippen molar-refractivity contribution in [1.29, 1.82) is 0 Å². The van der Waals surface area contributed by atoms with Crippen LogP contribution >= 0.6 is 0 Å². The third kappa shape index (κ3) is 0.763. The van der Waals surface area contributed by atoms with E-state index in [9.17, 15) is 9.59 Å². The molecule has 2 aliphatic rings. The van der Waals surface area contributed by atoms with E-state index in [1.807, 2.05) is 13.0 Å². The van der Waals surface area contributed by atoms with Gasteiger partial charge in [-0.15, -0.1) is 0 Å². The fourth-order valence-corrected chi connectivity index (χ4v) is 1.99. The lowest BCUT2D eigenvalue weighted by atomic mass is 9.81. The minimum atomic E-state index is -0.334. The zero-order chi connectivity index (χ0) is 8.77. The zero-order valence-electron chi connectivity index (χ0n) is 6.87. The van der Waals surface area contributed by atoms with Crippen molar-refractivity contribution in [2.24, 2.45) is 5.41 Å². The molecule has 1 aliphatic carbocycles. The summed E-state index contributed by atoms with van der Waals surface area (Å²) < 4.78 is 5.07. The minimum absolute atomic E-state index is 0.0924. The van der Waals surface area contributed by atoms with E-state index in [0.29, 0.717) is 12.8 Å². The number of aldehydes is 1. The summed E-state index contributed by atoms with van der Waals surface area (Å²) in [6.07, 6.45) is 3.65. The first kappa shape index (κ1) is 7.53. The minimum Gasteiger partial charge on any atom is -0.461 e. The topological polar surface area (TPSA) is 43.4 Å². The van der Waals surface area contributed by atoms with Crippen LogP contribution in [0, 0.1) is 5.41 Å². The fourth-order valence-electron chi connectivity index (χ4n) is 1.99. The van der Waals surface area contributed by atoms with Crippen molar-refractivity contribution in [3.63, 3.8) is 0 Å². The average molecular weight is 166 g/mol. The molecular weight excluding hydrogens is 156 g/mol. The van der Waals surface area contributed by atoms with Crippen LogP contribution in [0.1, 0.15) is 19.8 Å². The van der Waals surface area contributed by atoms with E-state index < -0.39 is 0 Å². The second-order valence-corrected chi connectivity index (χ2v) is 3.59. The van der Waals surface area contributed by atoms with Crippen molar-refractivity contribution in [3.8, 4) is 0 Å². The SMILES string of the molecule is C[C@]12CC(=O)O[C@H]1CC=C2C=O. The predicted octanol–water partition coefficient (Wildman–Crippen LogP) is 0.837. The number of hydrogen-bond donors (Lipinski definition) is 0. The van der Waals surface area contributed by atoms with Crippen LogP contribution in [0.25, 0.3) is 0 Å². The number of rotatable bonds is 1. The maximum Gasteiger partial charge on any atom is 0.307 e. The van der Waals surface area contributed by atoms with E-state index in [2.05, 4.69) is 0 Å². The standard InChI is InChI=1S/C9H10O3/c1-9-4-8(11)12-7(9)3-2-6(9)5-10/h2,5,7H,3-4H2,1H3/t7-,9+/m0/s1. The molecule has 12 heavy (non-hydrogen) atoms. The van der Waals surface area contributed by atoms with Gasteiger partial charge < -0.3 is 4.74 Å². The smallest absolute Gasteiger partial charge is 0.307 e. The largest absolute Gasteiger partial charge is 0.461 e. The maximum atomic E-state index is 11.0.